The quantitative estimate of drug-likeness (QED) is 0.690. The van der Waals surface area contributed by atoms with Gasteiger partial charge in [-0.2, -0.15) is 0 Å². The summed E-state index contributed by atoms with van der Waals surface area (Å²) in [6.07, 6.45) is 0. The van der Waals surface area contributed by atoms with Gasteiger partial charge in [-0.05, 0) is 19.1 Å². The predicted molar refractivity (Wildman–Crippen MR) is 53.2 cm³/mol. The van der Waals surface area contributed by atoms with Crippen molar-refractivity contribution in [1.29, 1.82) is 0 Å². The highest BCUT2D eigenvalue weighted by atomic mass is 32.1. The van der Waals surface area contributed by atoms with Crippen molar-refractivity contribution in [2.75, 3.05) is 0 Å². The summed E-state index contributed by atoms with van der Waals surface area (Å²) >= 11 is 4.95. The summed E-state index contributed by atoms with van der Waals surface area (Å²) in [7, 11) is 3.08. The van der Waals surface area contributed by atoms with E-state index in [9.17, 15) is 9.59 Å². The zero-order valence-corrected chi connectivity index (χ0v) is 8.88. The van der Waals surface area contributed by atoms with E-state index in [2.05, 4.69) is 0 Å². The Morgan fingerprint density at radius 2 is 1.86 bits per heavy atom. The number of aromatic nitrogens is 2. The van der Waals surface area contributed by atoms with Gasteiger partial charge in [-0.1, -0.05) is 0 Å². The van der Waals surface area contributed by atoms with Gasteiger partial charge in [-0.15, -0.1) is 0 Å². The molecule has 0 spiro atoms. The molecule has 5 nitrogen and oxygen atoms in total. The lowest BCUT2D eigenvalue weighted by Gasteiger charge is -2.10. The lowest BCUT2D eigenvalue weighted by atomic mass is 10.2. The van der Waals surface area contributed by atoms with Gasteiger partial charge in [-0.25, -0.2) is 4.79 Å². The van der Waals surface area contributed by atoms with Crippen LogP contribution >= 0.6 is 12.2 Å². The second-order valence-electron chi connectivity index (χ2n) is 2.97. The summed E-state index contributed by atoms with van der Waals surface area (Å²) in [6, 6.07) is 0. The predicted octanol–water partition coefficient (Wildman–Crippen LogP) is 0.460. The highest BCUT2D eigenvalue weighted by molar-refractivity contribution is 7.71. The van der Waals surface area contributed by atoms with Crippen LogP contribution in [-0.2, 0) is 14.1 Å². The molecule has 76 valence electrons. The molecule has 1 rings (SSSR count). The van der Waals surface area contributed by atoms with Gasteiger partial charge >= 0.3 is 5.97 Å². The lowest BCUT2D eigenvalue weighted by Crippen LogP contribution is -2.30. The first-order chi connectivity index (χ1) is 6.37. The maximum atomic E-state index is 11.5. The van der Waals surface area contributed by atoms with Crippen LogP contribution in [0.3, 0.4) is 0 Å². The molecule has 6 heteroatoms. The molecule has 0 unspecified atom stereocenters. The summed E-state index contributed by atoms with van der Waals surface area (Å²) in [5, 5.41) is 8.83. The van der Waals surface area contributed by atoms with Crippen LogP contribution in [0, 0.1) is 11.7 Å². The van der Waals surface area contributed by atoms with Gasteiger partial charge in [0.15, 0.2) is 4.77 Å². The summed E-state index contributed by atoms with van der Waals surface area (Å²) in [6.45, 7) is 1.56. The fourth-order valence-electron chi connectivity index (χ4n) is 1.19. The maximum absolute atomic E-state index is 11.5. The zero-order chi connectivity index (χ0) is 11.0. The minimum absolute atomic E-state index is 0.233. The average Bonchev–Trinajstić information content (AvgIpc) is 2.11. The summed E-state index contributed by atoms with van der Waals surface area (Å²) in [5.74, 6) is -1.23. The number of nitrogens with zero attached hydrogens (tertiary/aromatic N) is 2. The van der Waals surface area contributed by atoms with E-state index in [1.807, 2.05) is 0 Å². The second kappa shape index (κ2) is 3.38. The Hall–Kier alpha value is -1.43. The standard InChI is InChI=1S/C8H10N2O3S/c1-4-5(7(12)13)6(11)10(3)8(14)9(4)2/h1-3H3,(H,12,13). The Balaban J connectivity index is 3.88. The first-order valence-electron chi connectivity index (χ1n) is 3.87. The number of carbonyl (C=O) groups is 1. The molecule has 14 heavy (non-hydrogen) atoms. The van der Waals surface area contributed by atoms with E-state index in [1.54, 1.807) is 14.0 Å². The minimum atomic E-state index is -1.23. The molecular formula is C8H10N2O3S. The third-order valence-corrected chi connectivity index (χ3v) is 2.72. The van der Waals surface area contributed by atoms with Crippen molar-refractivity contribution >= 4 is 18.2 Å². The van der Waals surface area contributed by atoms with Crippen molar-refractivity contribution in [2.24, 2.45) is 14.1 Å². The Kier molecular flexibility index (Phi) is 2.57. The van der Waals surface area contributed by atoms with Crippen LogP contribution in [0.5, 0.6) is 0 Å². The van der Waals surface area contributed by atoms with Gasteiger partial charge in [0.05, 0.1) is 0 Å². The first kappa shape index (κ1) is 10.6. The molecule has 0 saturated heterocycles. The molecule has 0 radical (unpaired) electrons. The topological polar surface area (TPSA) is 64.2 Å². The molecule has 0 saturated carbocycles. The van der Waals surface area contributed by atoms with E-state index < -0.39 is 11.5 Å². The van der Waals surface area contributed by atoms with Crippen LogP contribution in [0.1, 0.15) is 16.1 Å². The van der Waals surface area contributed by atoms with Crippen LogP contribution in [0.2, 0.25) is 0 Å². The smallest absolute Gasteiger partial charge is 0.343 e. The van der Waals surface area contributed by atoms with Crippen molar-refractivity contribution in [2.45, 2.75) is 6.92 Å². The molecule has 0 bridgehead atoms. The monoisotopic (exact) mass is 214 g/mol. The Morgan fingerprint density at radius 3 is 2.29 bits per heavy atom. The number of carboxylic acids is 1. The fraction of sp³-hybridized carbons (Fsp3) is 0.375. The second-order valence-corrected chi connectivity index (χ2v) is 3.34. The number of hydrogen-bond donors (Lipinski definition) is 1. The van der Waals surface area contributed by atoms with Crippen LogP contribution in [0.15, 0.2) is 4.79 Å². The molecule has 1 aromatic rings. The molecule has 0 aromatic carbocycles. The third-order valence-electron chi connectivity index (χ3n) is 2.17. The van der Waals surface area contributed by atoms with Crippen molar-refractivity contribution in [1.82, 2.24) is 9.13 Å². The normalized spacial score (nSPS) is 10.2. The molecule has 0 amide bonds. The zero-order valence-electron chi connectivity index (χ0n) is 8.07. The highest BCUT2D eigenvalue weighted by Gasteiger charge is 2.16. The van der Waals surface area contributed by atoms with Gasteiger partial charge in [0.2, 0.25) is 0 Å². The van der Waals surface area contributed by atoms with E-state index >= 15 is 0 Å². The SMILES string of the molecule is Cc1c(C(=O)O)c(=O)n(C)c(=S)n1C. The Labute approximate surface area is 85.2 Å². The molecule has 1 heterocycles. The summed E-state index contributed by atoms with van der Waals surface area (Å²) < 4.78 is 2.95. The molecule has 0 atom stereocenters. The van der Waals surface area contributed by atoms with Crippen molar-refractivity contribution < 1.29 is 9.90 Å². The van der Waals surface area contributed by atoms with Crippen LogP contribution in [0.4, 0.5) is 0 Å². The summed E-state index contributed by atoms with van der Waals surface area (Å²) in [4.78, 5) is 22.3. The molecule has 1 aromatic heterocycles. The fourth-order valence-corrected chi connectivity index (χ4v) is 1.41. The van der Waals surface area contributed by atoms with Crippen molar-refractivity contribution in [3.05, 3.63) is 26.4 Å². The average molecular weight is 214 g/mol. The molecule has 0 fully saturated rings. The largest absolute Gasteiger partial charge is 0.477 e. The van der Waals surface area contributed by atoms with Gasteiger partial charge < -0.3 is 9.67 Å². The van der Waals surface area contributed by atoms with E-state index in [0.29, 0.717) is 10.5 Å². The number of carboxylic acid groups (broad SMARTS) is 1. The van der Waals surface area contributed by atoms with E-state index in [-0.39, 0.29) is 5.56 Å². The van der Waals surface area contributed by atoms with Crippen LogP contribution in [-0.4, -0.2) is 20.2 Å². The molecule has 0 aliphatic carbocycles. The Morgan fingerprint density at radius 1 is 1.36 bits per heavy atom. The number of rotatable bonds is 1. The molecular weight excluding hydrogens is 204 g/mol. The molecule has 0 aliphatic heterocycles. The minimum Gasteiger partial charge on any atom is -0.477 e. The lowest BCUT2D eigenvalue weighted by molar-refractivity contribution is 0.0692. The van der Waals surface area contributed by atoms with Crippen LogP contribution < -0.4 is 5.56 Å². The van der Waals surface area contributed by atoms with Crippen molar-refractivity contribution in [3.63, 3.8) is 0 Å². The van der Waals surface area contributed by atoms with Crippen molar-refractivity contribution in [3.8, 4) is 0 Å². The van der Waals surface area contributed by atoms with Gasteiger partial charge in [0.1, 0.15) is 5.56 Å². The number of aromatic carboxylic acids is 1. The first-order valence-corrected chi connectivity index (χ1v) is 4.28. The van der Waals surface area contributed by atoms with E-state index in [1.165, 1.54) is 11.6 Å². The van der Waals surface area contributed by atoms with Gasteiger partial charge in [-0.3, -0.25) is 9.36 Å². The van der Waals surface area contributed by atoms with E-state index in [4.69, 9.17) is 17.3 Å². The maximum Gasteiger partial charge on any atom is 0.343 e. The molecule has 1 N–H and O–H groups in total. The molecule has 0 aliphatic rings. The highest BCUT2D eigenvalue weighted by Crippen LogP contribution is 2.02. The summed E-state index contributed by atoms with van der Waals surface area (Å²) in [5.41, 5.74) is -0.438. The Bertz CT molecular complexity index is 513. The third kappa shape index (κ3) is 1.37. The van der Waals surface area contributed by atoms with Gasteiger partial charge in [0.25, 0.3) is 5.56 Å². The number of hydrogen-bond acceptors (Lipinski definition) is 3. The van der Waals surface area contributed by atoms with Crippen LogP contribution in [0.25, 0.3) is 0 Å². The van der Waals surface area contributed by atoms with Gasteiger partial charge in [0, 0.05) is 19.8 Å². The van der Waals surface area contributed by atoms with E-state index in [0.717, 1.165) is 4.57 Å².